The number of carbonyl (C=O) groups excluding carboxylic acids is 2. The molecular weight excluding hydrogens is 400 g/mol. The van der Waals surface area contributed by atoms with Crippen LogP contribution in [-0.2, 0) is 9.59 Å². The molecule has 0 spiro atoms. The number of benzene rings is 1. The zero-order valence-electron chi connectivity index (χ0n) is 16.7. The van der Waals surface area contributed by atoms with Crippen LogP contribution in [0.25, 0.3) is 0 Å². The van der Waals surface area contributed by atoms with Crippen molar-refractivity contribution in [3.8, 4) is 0 Å². The topological polar surface area (TPSA) is 162 Å². The molecular formula is C21H24N6O4. The summed E-state index contributed by atoms with van der Waals surface area (Å²) in [4.78, 5) is 42.3. The highest BCUT2D eigenvalue weighted by molar-refractivity contribution is 5.97. The number of pyridine rings is 1. The lowest BCUT2D eigenvalue weighted by Crippen LogP contribution is -2.48. The predicted octanol–water partition coefficient (Wildman–Crippen LogP) is 1.69. The number of hydrogen-bond donors (Lipinski definition) is 5. The van der Waals surface area contributed by atoms with Gasteiger partial charge in [-0.05, 0) is 48.7 Å². The van der Waals surface area contributed by atoms with E-state index in [1.54, 1.807) is 42.6 Å². The van der Waals surface area contributed by atoms with Crippen molar-refractivity contribution < 1.29 is 19.5 Å². The Morgan fingerprint density at radius 2 is 2.00 bits per heavy atom. The van der Waals surface area contributed by atoms with Gasteiger partial charge in [0.05, 0.1) is 12.5 Å². The van der Waals surface area contributed by atoms with Crippen LogP contribution in [0.5, 0.6) is 0 Å². The Morgan fingerprint density at radius 1 is 1.26 bits per heavy atom. The van der Waals surface area contributed by atoms with Gasteiger partial charge in [0, 0.05) is 30.2 Å². The third kappa shape index (κ3) is 5.56. The van der Waals surface area contributed by atoms with Gasteiger partial charge in [-0.2, -0.15) is 0 Å². The molecule has 10 heteroatoms. The molecule has 10 nitrogen and oxygen atoms in total. The number of carbonyl (C=O) groups is 3. The molecule has 31 heavy (non-hydrogen) atoms. The van der Waals surface area contributed by atoms with Crippen LogP contribution in [-0.4, -0.2) is 51.3 Å². The molecule has 2 unspecified atom stereocenters. The van der Waals surface area contributed by atoms with Gasteiger partial charge in [0.1, 0.15) is 11.9 Å². The first kappa shape index (κ1) is 21.8. The molecule has 3 amide bonds. The fourth-order valence-corrected chi connectivity index (χ4v) is 3.49. The zero-order chi connectivity index (χ0) is 22.4. The minimum absolute atomic E-state index is 0.0707. The Labute approximate surface area is 179 Å². The average molecular weight is 424 g/mol. The predicted molar refractivity (Wildman–Crippen MR) is 114 cm³/mol. The maximum Gasteiger partial charge on any atom is 0.322 e. The summed E-state index contributed by atoms with van der Waals surface area (Å²) in [5.74, 6) is -1.53. The third-order valence-electron chi connectivity index (χ3n) is 5.05. The Bertz CT molecular complexity index is 964. The number of amides is 3. The largest absolute Gasteiger partial charge is 0.481 e. The Kier molecular flexibility index (Phi) is 6.81. The van der Waals surface area contributed by atoms with Crippen molar-refractivity contribution in [1.29, 1.82) is 5.41 Å². The maximum atomic E-state index is 12.9. The van der Waals surface area contributed by atoms with Gasteiger partial charge in [-0.3, -0.25) is 20.0 Å². The Balaban J connectivity index is 1.67. The van der Waals surface area contributed by atoms with Crippen molar-refractivity contribution in [3.05, 3.63) is 59.9 Å². The summed E-state index contributed by atoms with van der Waals surface area (Å²) in [6, 6.07) is 7.99. The van der Waals surface area contributed by atoms with Gasteiger partial charge in [0.2, 0.25) is 5.91 Å². The first-order valence-corrected chi connectivity index (χ1v) is 9.79. The SMILES string of the molecule is N=C(N)c1ccc(NC(=O)N2CCCC2C(=O)NC(CC(=O)O)c2cccnc2)cc1. The van der Waals surface area contributed by atoms with Crippen LogP contribution in [0, 0.1) is 5.41 Å². The van der Waals surface area contributed by atoms with E-state index in [4.69, 9.17) is 11.1 Å². The fraction of sp³-hybridized carbons (Fsp3) is 0.286. The van der Waals surface area contributed by atoms with Crippen molar-refractivity contribution in [2.45, 2.75) is 31.3 Å². The second-order valence-electron chi connectivity index (χ2n) is 7.22. The first-order valence-electron chi connectivity index (χ1n) is 9.79. The van der Waals surface area contributed by atoms with E-state index in [2.05, 4.69) is 15.6 Å². The van der Waals surface area contributed by atoms with E-state index in [0.717, 1.165) is 0 Å². The maximum absolute atomic E-state index is 12.9. The summed E-state index contributed by atoms with van der Waals surface area (Å²) in [6.45, 7) is 0.409. The standard InChI is InChI=1S/C21H24N6O4/c22-19(23)13-5-7-15(8-6-13)25-21(31)27-10-2-4-17(27)20(30)26-16(11-18(28)29)14-3-1-9-24-12-14/h1,3,5-9,12,16-17H,2,4,10-11H2,(H3,22,23)(H,25,31)(H,26,30)(H,28,29). The van der Waals surface area contributed by atoms with Gasteiger partial charge in [0.25, 0.3) is 0 Å². The van der Waals surface area contributed by atoms with E-state index in [1.165, 1.54) is 11.1 Å². The summed E-state index contributed by atoms with van der Waals surface area (Å²) >= 11 is 0. The van der Waals surface area contributed by atoms with Gasteiger partial charge in [-0.1, -0.05) is 6.07 Å². The number of anilines is 1. The molecule has 0 radical (unpaired) electrons. The van der Waals surface area contributed by atoms with E-state index in [0.29, 0.717) is 36.2 Å². The van der Waals surface area contributed by atoms with Gasteiger partial charge in [-0.15, -0.1) is 0 Å². The Hall–Kier alpha value is -3.95. The molecule has 6 N–H and O–H groups in total. The lowest BCUT2D eigenvalue weighted by molar-refractivity contribution is -0.138. The molecule has 2 heterocycles. The number of urea groups is 1. The summed E-state index contributed by atoms with van der Waals surface area (Å²) in [6.07, 6.45) is 3.92. The molecule has 0 aliphatic carbocycles. The van der Waals surface area contributed by atoms with Crippen LogP contribution < -0.4 is 16.4 Å². The number of rotatable bonds is 7. The quantitative estimate of drug-likeness (QED) is 0.336. The lowest BCUT2D eigenvalue weighted by atomic mass is 10.0. The number of likely N-dealkylation sites (tertiary alicyclic amines) is 1. The van der Waals surface area contributed by atoms with Crippen LogP contribution in [0.3, 0.4) is 0 Å². The second kappa shape index (κ2) is 9.70. The van der Waals surface area contributed by atoms with E-state index < -0.39 is 30.0 Å². The van der Waals surface area contributed by atoms with Crippen LogP contribution in [0.15, 0.2) is 48.8 Å². The number of nitrogen functional groups attached to an aromatic ring is 1. The monoisotopic (exact) mass is 424 g/mol. The molecule has 0 bridgehead atoms. The van der Waals surface area contributed by atoms with Crippen molar-refractivity contribution in [2.75, 3.05) is 11.9 Å². The number of aromatic nitrogens is 1. The summed E-state index contributed by atoms with van der Waals surface area (Å²) in [5, 5.41) is 22.1. The summed E-state index contributed by atoms with van der Waals surface area (Å²) in [7, 11) is 0. The molecule has 1 aliphatic rings. The number of nitrogens with two attached hydrogens (primary N) is 1. The first-order chi connectivity index (χ1) is 14.8. The van der Waals surface area contributed by atoms with Gasteiger partial charge >= 0.3 is 12.0 Å². The fourth-order valence-electron chi connectivity index (χ4n) is 3.49. The third-order valence-corrected chi connectivity index (χ3v) is 5.05. The van der Waals surface area contributed by atoms with E-state index in [9.17, 15) is 19.5 Å². The highest BCUT2D eigenvalue weighted by atomic mass is 16.4. The lowest BCUT2D eigenvalue weighted by Gasteiger charge is -2.26. The summed E-state index contributed by atoms with van der Waals surface area (Å²) in [5.41, 5.74) is 7.06. The Morgan fingerprint density at radius 3 is 2.61 bits per heavy atom. The van der Waals surface area contributed by atoms with Gasteiger partial charge < -0.3 is 26.4 Å². The van der Waals surface area contributed by atoms with Crippen molar-refractivity contribution in [1.82, 2.24) is 15.2 Å². The van der Waals surface area contributed by atoms with Crippen molar-refractivity contribution >= 4 is 29.4 Å². The molecule has 2 aromatic rings. The van der Waals surface area contributed by atoms with Crippen molar-refractivity contribution in [2.24, 2.45) is 5.73 Å². The van der Waals surface area contributed by atoms with Crippen molar-refractivity contribution in [3.63, 3.8) is 0 Å². The van der Waals surface area contributed by atoms with E-state index in [-0.39, 0.29) is 12.3 Å². The van der Waals surface area contributed by atoms with E-state index >= 15 is 0 Å². The molecule has 1 aromatic carbocycles. The molecule has 1 aliphatic heterocycles. The number of aliphatic carboxylic acids is 1. The normalized spacial score (nSPS) is 16.4. The molecule has 162 valence electrons. The summed E-state index contributed by atoms with van der Waals surface area (Å²) < 4.78 is 0. The van der Waals surface area contributed by atoms with Crippen LogP contribution in [0.4, 0.5) is 10.5 Å². The van der Waals surface area contributed by atoms with Gasteiger partial charge in [0.15, 0.2) is 0 Å². The second-order valence-corrected chi connectivity index (χ2v) is 7.22. The molecule has 1 fully saturated rings. The van der Waals surface area contributed by atoms with Crippen LogP contribution in [0.1, 0.15) is 36.4 Å². The highest BCUT2D eigenvalue weighted by Gasteiger charge is 2.35. The number of carboxylic acids is 1. The number of nitrogens with zero attached hydrogens (tertiary/aromatic N) is 2. The molecule has 2 atom stereocenters. The van der Waals surface area contributed by atoms with Crippen LogP contribution >= 0.6 is 0 Å². The van der Waals surface area contributed by atoms with E-state index in [1.807, 2.05) is 0 Å². The minimum Gasteiger partial charge on any atom is -0.481 e. The minimum atomic E-state index is -1.05. The number of carboxylic acid groups (broad SMARTS) is 1. The number of hydrogen-bond acceptors (Lipinski definition) is 5. The van der Waals surface area contributed by atoms with Gasteiger partial charge in [-0.25, -0.2) is 4.79 Å². The number of nitrogens with one attached hydrogen (secondary N) is 3. The molecule has 0 saturated carbocycles. The molecule has 1 aromatic heterocycles. The van der Waals surface area contributed by atoms with Crippen LogP contribution in [0.2, 0.25) is 0 Å². The average Bonchev–Trinajstić information content (AvgIpc) is 3.24. The molecule has 1 saturated heterocycles. The smallest absolute Gasteiger partial charge is 0.322 e. The highest BCUT2D eigenvalue weighted by Crippen LogP contribution is 2.22. The number of amidine groups is 1. The molecule has 3 rings (SSSR count). The zero-order valence-corrected chi connectivity index (χ0v) is 16.7.